The smallest absolute Gasteiger partial charge is 0.160 e. The molecule has 0 spiro atoms. The van der Waals surface area contributed by atoms with Gasteiger partial charge in [0.2, 0.25) is 0 Å². The predicted molar refractivity (Wildman–Crippen MR) is 116 cm³/mol. The van der Waals surface area contributed by atoms with Crippen LogP contribution in [0.2, 0.25) is 5.02 Å². The first kappa shape index (κ1) is 20.4. The Hall–Kier alpha value is -0.830. The zero-order valence-corrected chi connectivity index (χ0v) is 17.9. The van der Waals surface area contributed by atoms with E-state index < -0.39 is 0 Å². The van der Waals surface area contributed by atoms with E-state index >= 15 is 0 Å². The summed E-state index contributed by atoms with van der Waals surface area (Å²) < 4.78 is 12.1. The maximum atomic E-state index is 6.05. The van der Waals surface area contributed by atoms with Gasteiger partial charge in [-0.3, -0.25) is 0 Å². The second-order valence-electron chi connectivity index (χ2n) is 9.16. The summed E-state index contributed by atoms with van der Waals surface area (Å²) in [6.07, 6.45) is 15.1. The van der Waals surface area contributed by atoms with Crippen molar-refractivity contribution in [2.24, 2.45) is 23.7 Å². The molecule has 1 aliphatic heterocycles. The van der Waals surface area contributed by atoms with Gasteiger partial charge in [0, 0.05) is 16.9 Å². The van der Waals surface area contributed by atoms with Gasteiger partial charge in [0.1, 0.15) is 0 Å². The van der Waals surface area contributed by atoms with Gasteiger partial charge in [0.15, 0.2) is 6.29 Å². The zero-order valence-electron chi connectivity index (χ0n) is 17.2. The fraction of sp³-hybridized carbons (Fsp3) is 0.680. The van der Waals surface area contributed by atoms with E-state index in [2.05, 4.69) is 31.2 Å². The topological polar surface area (TPSA) is 18.5 Å². The minimum atomic E-state index is 0.0445. The quantitative estimate of drug-likeness (QED) is 0.505. The molecule has 28 heavy (non-hydrogen) atoms. The molecule has 3 aliphatic rings. The Kier molecular flexibility index (Phi) is 7.14. The zero-order chi connectivity index (χ0) is 19.3. The number of halogens is 1. The van der Waals surface area contributed by atoms with Crippen molar-refractivity contribution in [3.05, 3.63) is 47.0 Å². The number of ether oxygens (including phenoxy) is 2. The van der Waals surface area contributed by atoms with Crippen molar-refractivity contribution in [2.75, 3.05) is 13.2 Å². The van der Waals surface area contributed by atoms with Gasteiger partial charge < -0.3 is 9.47 Å². The van der Waals surface area contributed by atoms with Crippen LogP contribution in [0.5, 0.6) is 0 Å². The third-order valence-electron chi connectivity index (χ3n) is 7.40. The number of allylic oxidation sites excluding steroid dienone is 1. The predicted octanol–water partition coefficient (Wildman–Crippen LogP) is 6.99. The lowest BCUT2D eigenvalue weighted by atomic mass is 9.68. The minimum absolute atomic E-state index is 0.0445. The van der Waals surface area contributed by atoms with Crippen molar-refractivity contribution in [1.82, 2.24) is 0 Å². The van der Waals surface area contributed by atoms with Gasteiger partial charge in [0.25, 0.3) is 0 Å². The molecule has 1 saturated heterocycles. The molecule has 3 fully saturated rings. The molecule has 1 aromatic rings. The molecule has 0 radical (unpaired) electrons. The summed E-state index contributed by atoms with van der Waals surface area (Å²) in [4.78, 5) is 0. The lowest BCUT2D eigenvalue weighted by molar-refractivity contribution is -0.223. The Bertz CT molecular complexity index is 616. The normalized spacial score (nSPS) is 37.2. The van der Waals surface area contributed by atoms with Crippen LogP contribution in [0, 0.1) is 23.7 Å². The first-order valence-electron chi connectivity index (χ1n) is 11.3. The molecule has 0 amide bonds. The van der Waals surface area contributed by atoms with E-state index in [1.165, 1.54) is 56.9 Å². The van der Waals surface area contributed by atoms with Gasteiger partial charge in [-0.1, -0.05) is 35.9 Å². The molecule has 2 aliphatic carbocycles. The molecule has 1 aromatic carbocycles. The third-order valence-corrected chi connectivity index (χ3v) is 7.65. The molecule has 0 N–H and O–H groups in total. The van der Waals surface area contributed by atoms with E-state index in [9.17, 15) is 0 Å². The summed E-state index contributed by atoms with van der Waals surface area (Å²) >= 11 is 6.04. The number of hydrogen-bond acceptors (Lipinski definition) is 2. The van der Waals surface area contributed by atoms with Crippen LogP contribution in [0.15, 0.2) is 36.4 Å². The van der Waals surface area contributed by atoms with Crippen molar-refractivity contribution in [3.63, 3.8) is 0 Å². The first-order chi connectivity index (χ1) is 13.7. The third kappa shape index (κ3) is 5.01. The highest BCUT2D eigenvalue weighted by atomic mass is 35.5. The lowest BCUT2D eigenvalue weighted by Crippen LogP contribution is -2.38. The van der Waals surface area contributed by atoms with Gasteiger partial charge in [0.05, 0.1) is 13.2 Å². The van der Waals surface area contributed by atoms with Crippen LogP contribution in [0.1, 0.15) is 69.8 Å². The summed E-state index contributed by atoms with van der Waals surface area (Å²) in [5.41, 5.74) is 1.48. The van der Waals surface area contributed by atoms with Gasteiger partial charge in [-0.05, 0) is 93.7 Å². The van der Waals surface area contributed by atoms with Gasteiger partial charge in [-0.2, -0.15) is 0 Å². The number of rotatable bonds is 4. The molecular formula is C25H35ClO2. The Balaban J connectivity index is 1.20. The molecule has 154 valence electrons. The second kappa shape index (κ2) is 9.78. The molecule has 4 rings (SSSR count). The molecule has 3 heteroatoms. The van der Waals surface area contributed by atoms with Crippen molar-refractivity contribution in [2.45, 2.75) is 70.5 Å². The fourth-order valence-electron chi connectivity index (χ4n) is 5.74. The lowest BCUT2D eigenvalue weighted by Gasteiger charge is -2.41. The molecule has 2 nitrogen and oxygen atoms in total. The first-order valence-corrected chi connectivity index (χ1v) is 11.7. The highest BCUT2D eigenvalue weighted by Gasteiger charge is 2.35. The highest BCUT2D eigenvalue weighted by Crippen LogP contribution is 2.45. The van der Waals surface area contributed by atoms with E-state index in [0.29, 0.717) is 11.8 Å². The SMILES string of the molecule is CC=CC1COC(C2CCC(C3CCC(c4ccc(Cl)cc4)CC3)CC2)OC1. The summed E-state index contributed by atoms with van der Waals surface area (Å²) in [5.74, 6) is 3.62. The van der Waals surface area contributed by atoms with Crippen molar-refractivity contribution < 1.29 is 9.47 Å². The van der Waals surface area contributed by atoms with Crippen LogP contribution in [-0.2, 0) is 9.47 Å². The van der Waals surface area contributed by atoms with Crippen LogP contribution in [0.25, 0.3) is 0 Å². The Morgan fingerprint density at radius 1 is 0.786 bits per heavy atom. The fourth-order valence-corrected chi connectivity index (χ4v) is 5.86. The van der Waals surface area contributed by atoms with Gasteiger partial charge in [-0.15, -0.1) is 0 Å². The summed E-state index contributed by atoms with van der Waals surface area (Å²) in [7, 11) is 0. The van der Waals surface area contributed by atoms with Crippen LogP contribution in [-0.4, -0.2) is 19.5 Å². The molecule has 0 aromatic heterocycles. The summed E-state index contributed by atoms with van der Waals surface area (Å²) in [6.45, 7) is 3.71. The van der Waals surface area contributed by atoms with E-state index in [1.54, 1.807) is 0 Å². The van der Waals surface area contributed by atoms with Crippen molar-refractivity contribution >= 4 is 11.6 Å². The van der Waals surface area contributed by atoms with Gasteiger partial charge in [-0.25, -0.2) is 0 Å². The second-order valence-corrected chi connectivity index (χ2v) is 9.60. The monoisotopic (exact) mass is 402 g/mol. The average molecular weight is 403 g/mol. The van der Waals surface area contributed by atoms with Crippen LogP contribution in [0.4, 0.5) is 0 Å². The summed E-state index contributed by atoms with van der Waals surface area (Å²) in [5, 5.41) is 0.845. The Labute approximate surface area is 175 Å². The molecule has 0 bridgehead atoms. The standard InChI is InChI=1S/C25H35ClO2/c1-2-3-18-16-27-25(28-17-18)23-10-8-21(9-11-23)19-4-6-20(7-5-19)22-12-14-24(26)15-13-22/h2-3,12-15,18-21,23,25H,4-11,16-17H2,1H3. The number of benzene rings is 1. The molecule has 0 atom stereocenters. The molecule has 1 heterocycles. The minimum Gasteiger partial charge on any atom is -0.352 e. The molecule has 2 saturated carbocycles. The molecular weight excluding hydrogens is 368 g/mol. The average Bonchev–Trinajstić information content (AvgIpc) is 2.75. The van der Waals surface area contributed by atoms with E-state index in [4.69, 9.17) is 21.1 Å². The van der Waals surface area contributed by atoms with Crippen LogP contribution >= 0.6 is 11.6 Å². The van der Waals surface area contributed by atoms with E-state index in [1.807, 2.05) is 12.1 Å². The largest absolute Gasteiger partial charge is 0.352 e. The van der Waals surface area contributed by atoms with Crippen molar-refractivity contribution in [1.29, 1.82) is 0 Å². The maximum Gasteiger partial charge on any atom is 0.160 e. The Morgan fingerprint density at radius 2 is 1.32 bits per heavy atom. The maximum absolute atomic E-state index is 6.05. The molecule has 0 unspecified atom stereocenters. The Morgan fingerprint density at radius 3 is 1.89 bits per heavy atom. The number of hydrogen-bond donors (Lipinski definition) is 0. The van der Waals surface area contributed by atoms with Gasteiger partial charge >= 0.3 is 0 Å². The van der Waals surface area contributed by atoms with E-state index in [0.717, 1.165) is 36.0 Å². The van der Waals surface area contributed by atoms with Crippen LogP contribution < -0.4 is 0 Å². The summed E-state index contributed by atoms with van der Waals surface area (Å²) in [6, 6.07) is 8.54. The van der Waals surface area contributed by atoms with Crippen LogP contribution in [0.3, 0.4) is 0 Å². The highest BCUT2D eigenvalue weighted by molar-refractivity contribution is 6.30. The van der Waals surface area contributed by atoms with Crippen molar-refractivity contribution in [3.8, 4) is 0 Å². The van der Waals surface area contributed by atoms with E-state index in [-0.39, 0.29) is 6.29 Å².